The third-order valence-corrected chi connectivity index (χ3v) is 10.5. The van der Waals surface area contributed by atoms with E-state index in [4.69, 9.17) is 33.7 Å². The number of amides is 1. The Hall–Kier alpha value is -4.08. The van der Waals surface area contributed by atoms with Gasteiger partial charge in [-0.2, -0.15) is 0 Å². The van der Waals surface area contributed by atoms with Crippen molar-refractivity contribution in [1.82, 2.24) is 5.32 Å². The number of nitrogens with zero attached hydrogens (tertiary/aromatic N) is 1. The van der Waals surface area contributed by atoms with Gasteiger partial charge in [0, 0.05) is 40.1 Å². The van der Waals surface area contributed by atoms with Crippen molar-refractivity contribution in [3.8, 4) is 16.9 Å². The molecule has 0 saturated heterocycles. The van der Waals surface area contributed by atoms with Gasteiger partial charge < -0.3 is 25.2 Å². The molecule has 0 aliphatic heterocycles. The smallest absolute Gasteiger partial charge is 0.245 e. The number of rotatable bonds is 13. The second-order valence-electron chi connectivity index (χ2n) is 14.8. The predicted octanol–water partition coefficient (Wildman–Crippen LogP) is 10.5. The minimum Gasteiger partial charge on any atom is -0.493 e. The zero-order valence-electron chi connectivity index (χ0n) is 30.8. The van der Waals surface area contributed by atoms with Crippen LogP contribution in [0.1, 0.15) is 76.5 Å². The average Bonchev–Trinajstić information content (AvgIpc) is 3.12. The highest BCUT2D eigenvalue weighted by Crippen LogP contribution is 2.31. The Morgan fingerprint density at radius 2 is 1.64 bits per heavy atom. The van der Waals surface area contributed by atoms with Crippen LogP contribution in [-0.4, -0.2) is 32.9 Å². The highest BCUT2D eigenvalue weighted by Gasteiger charge is 2.20. The predicted molar refractivity (Wildman–Crippen MR) is 221 cm³/mol. The molecule has 1 amide bonds. The Morgan fingerprint density at radius 1 is 0.981 bits per heavy atom. The number of benzene rings is 4. The minimum atomic E-state index is -2.43. The van der Waals surface area contributed by atoms with Crippen LogP contribution in [0.3, 0.4) is 0 Å². The number of nitrogens with two attached hydrogens (primary N) is 1. The summed E-state index contributed by atoms with van der Waals surface area (Å²) in [5.74, 6) is 1.10. The molecule has 0 spiro atoms. The Kier molecular flexibility index (Phi) is 13.9. The van der Waals surface area contributed by atoms with E-state index in [-0.39, 0.29) is 10.9 Å². The molecule has 1 fully saturated rings. The fourth-order valence-electron chi connectivity index (χ4n) is 6.56. The third-order valence-electron chi connectivity index (χ3n) is 9.26. The summed E-state index contributed by atoms with van der Waals surface area (Å²) in [6.07, 6.45) is 10.1. The lowest BCUT2D eigenvalue weighted by Gasteiger charge is -2.29. The van der Waals surface area contributed by atoms with Gasteiger partial charge in [0.1, 0.15) is 5.75 Å². The number of anilines is 1. The molecule has 0 aromatic heterocycles. The van der Waals surface area contributed by atoms with Gasteiger partial charge in [0.15, 0.2) is 11.1 Å². The van der Waals surface area contributed by atoms with Gasteiger partial charge in [-0.25, -0.2) is 4.21 Å². The van der Waals surface area contributed by atoms with Crippen molar-refractivity contribution in [3.63, 3.8) is 0 Å². The molecule has 1 saturated carbocycles. The molecule has 4 N–H and O–H groups in total. The molecule has 10 heteroatoms. The number of carbonyl (C=O) groups is 1. The van der Waals surface area contributed by atoms with E-state index in [0.717, 1.165) is 29.0 Å². The summed E-state index contributed by atoms with van der Waals surface area (Å²) in [4.78, 5) is 14.7. The van der Waals surface area contributed by atoms with E-state index in [9.17, 15) is 13.6 Å². The van der Waals surface area contributed by atoms with Gasteiger partial charge in [-0.3, -0.25) is 4.79 Å². The van der Waals surface area contributed by atoms with Crippen molar-refractivity contribution >= 4 is 56.5 Å². The molecule has 2 atom stereocenters. The molecule has 1 aliphatic rings. The van der Waals surface area contributed by atoms with E-state index < -0.39 is 22.5 Å². The Bertz CT molecular complexity index is 1950. The molecular weight excluding hydrogens is 725 g/mol. The number of halogens is 2. The van der Waals surface area contributed by atoms with E-state index in [1.165, 1.54) is 38.2 Å². The topological polar surface area (TPSA) is 105 Å². The molecule has 2 unspecified atom stereocenters. The van der Waals surface area contributed by atoms with E-state index >= 15 is 0 Å². The first-order chi connectivity index (χ1) is 25.3. The van der Waals surface area contributed by atoms with E-state index in [1.54, 1.807) is 36.4 Å². The molecule has 0 bridgehead atoms. The van der Waals surface area contributed by atoms with Crippen LogP contribution in [0.15, 0.2) is 103 Å². The van der Waals surface area contributed by atoms with Crippen molar-refractivity contribution in [2.45, 2.75) is 77.8 Å². The Balaban J connectivity index is 1.39. The number of nitrogens with one attached hydrogen (secondary N) is 1. The largest absolute Gasteiger partial charge is 0.493 e. The zero-order valence-corrected chi connectivity index (χ0v) is 33.1. The van der Waals surface area contributed by atoms with Crippen molar-refractivity contribution in [1.29, 1.82) is 0 Å². The molecule has 53 heavy (non-hydrogen) atoms. The van der Waals surface area contributed by atoms with Crippen LogP contribution >= 0.6 is 23.2 Å². The van der Waals surface area contributed by atoms with Crippen LogP contribution in [0.5, 0.6) is 5.75 Å². The van der Waals surface area contributed by atoms with Crippen LogP contribution in [0.25, 0.3) is 21.7 Å². The Labute approximate surface area is 326 Å². The standard InChI is InChI=1S/C43H49Cl2N3O4S/c1-29(23-30-13-15-32(16-14-30)33-17-20-37(21-18-33)52-28-31-9-6-5-7-10-31)48(27-40(46)38-22-19-35(44)25-39(38)45)36-12-8-11-34(24-36)41(53(50)51)26-42(49)47-43(2,3)4/h8,11-22,24-27,29,31H,5-7,9-10,23,28,46H2,1-4H3,(H,47,49)(H,50,51)/b40-27-,41-26-. The second kappa shape index (κ2) is 18.3. The first-order valence-electron chi connectivity index (χ1n) is 18.0. The van der Waals surface area contributed by atoms with E-state index in [2.05, 4.69) is 48.6 Å². The van der Waals surface area contributed by atoms with Gasteiger partial charge in [-0.1, -0.05) is 91.0 Å². The summed E-state index contributed by atoms with van der Waals surface area (Å²) in [7, 11) is 0. The maximum Gasteiger partial charge on any atom is 0.245 e. The van der Waals surface area contributed by atoms with Crippen molar-refractivity contribution in [2.75, 3.05) is 11.5 Å². The van der Waals surface area contributed by atoms with Gasteiger partial charge in [0.25, 0.3) is 0 Å². The summed E-state index contributed by atoms with van der Waals surface area (Å²) < 4.78 is 28.8. The number of hydrogen-bond acceptors (Lipinski definition) is 5. The zero-order chi connectivity index (χ0) is 38.1. The summed E-state index contributed by atoms with van der Waals surface area (Å²) in [5.41, 5.74) is 11.7. The first kappa shape index (κ1) is 40.1. The number of hydrogen-bond donors (Lipinski definition) is 3. The molecule has 1 aliphatic carbocycles. The minimum absolute atomic E-state index is 0.0155. The molecule has 7 nitrogen and oxygen atoms in total. The van der Waals surface area contributed by atoms with Crippen molar-refractivity contribution in [3.05, 3.63) is 130 Å². The highest BCUT2D eigenvalue weighted by molar-refractivity contribution is 7.89. The molecule has 0 radical (unpaired) electrons. The van der Waals surface area contributed by atoms with Gasteiger partial charge in [-0.05, 0) is 118 Å². The van der Waals surface area contributed by atoms with Crippen LogP contribution in [0, 0.1) is 5.92 Å². The molecule has 4 aromatic rings. The maximum absolute atomic E-state index is 12.7. The number of ether oxygens (including phenoxy) is 1. The fraction of sp³-hybridized carbons (Fsp3) is 0.326. The monoisotopic (exact) mass is 773 g/mol. The summed E-state index contributed by atoms with van der Waals surface area (Å²) in [6.45, 7) is 8.40. The lowest BCUT2D eigenvalue weighted by atomic mass is 9.90. The maximum atomic E-state index is 12.7. The summed E-state index contributed by atoms with van der Waals surface area (Å²) in [5, 5.41) is 3.73. The number of carbonyl (C=O) groups excluding carboxylic acids is 1. The van der Waals surface area contributed by atoms with Crippen LogP contribution in [-0.2, 0) is 22.3 Å². The van der Waals surface area contributed by atoms with Crippen LogP contribution in [0.2, 0.25) is 10.0 Å². The normalized spacial score (nSPS) is 15.5. The third kappa shape index (κ3) is 11.7. The summed E-state index contributed by atoms with van der Waals surface area (Å²) in [6, 6.07) is 29.0. The average molecular weight is 775 g/mol. The quantitative estimate of drug-likeness (QED) is 0.0923. The van der Waals surface area contributed by atoms with Crippen molar-refractivity contribution < 1.29 is 18.3 Å². The van der Waals surface area contributed by atoms with Gasteiger partial charge in [-0.15, -0.1) is 0 Å². The van der Waals surface area contributed by atoms with Crippen LogP contribution < -0.4 is 20.7 Å². The lowest BCUT2D eigenvalue weighted by molar-refractivity contribution is -0.117. The summed E-state index contributed by atoms with van der Waals surface area (Å²) >= 11 is 10.3. The lowest BCUT2D eigenvalue weighted by Crippen LogP contribution is -2.39. The van der Waals surface area contributed by atoms with Crippen LogP contribution in [0.4, 0.5) is 5.69 Å². The molecule has 4 aromatic carbocycles. The first-order valence-corrected chi connectivity index (χ1v) is 19.9. The van der Waals surface area contributed by atoms with E-state index in [1.807, 2.05) is 50.1 Å². The SMILES string of the molecule is CC(Cc1ccc(-c2ccc(OCC3CCCCC3)cc2)cc1)N(/C=C(\N)c1ccc(Cl)cc1Cl)c1cccc(/C(=C/C(=O)NC(C)(C)C)S(=O)O)c1. The van der Waals surface area contributed by atoms with Crippen molar-refractivity contribution in [2.24, 2.45) is 11.7 Å². The fourth-order valence-corrected chi connectivity index (χ4v) is 7.62. The Morgan fingerprint density at radius 3 is 2.26 bits per heavy atom. The van der Waals surface area contributed by atoms with Gasteiger partial charge in [0.05, 0.1) is 22.2 Å². The molecule has 5 rings (SSSR count). The molecule has 0 heterocycles. The second-order valence-corrected chi connectivity index (χ2v) is 16.5. The van der Waals surface area contributed by atoms with E-state index in [0.29, 0.717) is 44.9 Å². The molecular formula is C43H49Cl2N3O4S. The molecule has 280 valence electrons. The highest BCUT2D eigenvalue weighted by atomic mass is 35.5. The van der Waals surface area contributed by atoms with Gasteiger partial charge in [0.2, 0.25) is 5.91 Å². The van der Waals surface area contributed by atoms with Gasteiger partial charge >= 0.3 is 0 Å².